The number of rotatable bonds is 4. The third kappa shape index (κ3) is 3.83. The highest BCUT2D eigenvalue weighted by atomic mass is 32.2. The number of aromatic hydroxyl groups is 1. The van der Waals surface area contributed by atoms with Gasteiger partial charge in [-0.15, -0.1) is 0 Å². The van der Waals surface area contributed by atoms with E-state index in [-0.39, 0.29) is 23.8 Å². The van der Waals surface area contributed by atoms with Crippen LogP contribution in [0.4, 0.5) is 0 Å². The average molecular weight is 383 g/mol. The minimum atomic E-state index is -3.27. The largest absolute Gasteiger partial charge is 0.502 e. The van der Waals surface area contributed by atoms with Crippen LogP contribution in [0.25, 0.3) is 0 Å². The molecule has 1 aromatic heterocycles. The van der Waals surface area contributed by atoms with E-state index < -0.39 is 32.5 Å². The van der Waals surface area contributed by atoms with Gasteiger partial charge in [-0.05, 0) is 25.8 Å². The van der Waals surface area contributed by atoms with E-state index in [1.807, 2.05) is 0 Å². The Morgan fingerprint density at radius 2 is 2.08 bits per heavy atom. The van der Waals surface area contributed by atoms with E-state index in [2.05, 4.69) is 5.32 Å². The van der Waals surface area contributed by atoms with Crippen molar-refractivity contribution in [2.75, 3.05) is 19.0 Å². The van der Waals surface area contributed by atoms with Crippen LogP contribution in [0, 0.1) is 6.92 Å². The second kappa shape index (κ2) is 6.88. The summed E-state index contributed by atoms with van der Waals surface area (Å²) in [6.07, 6.45) is 2.20. The summed E-state index contributed by atoms with van der Waals surface area (Å²) in [5.41, 5.74) is -1.43. The van der Waals surface area contributed by atoms with Gasteiger partial charge in [0, 0.05) is 36.5 Å². The zero-order chi connectivity index (χ0) is 18.9. The zero-order valence-electron chi connectivity index (χ0n) is 14.4. The molecule has 2 aliphatic heterocycles. The maximum Gasteiger partial charge on any atom is 0.227 e. The molecule has 0 saturated carbocycles. The van der Waals surface area contributed by atoms with Gasteiger partial charge in [0.2, 0.25) is 17.1 Å². The molecule has 9 heteroatoms. The third-order valence-electron chi connectivity index (χ3n) is 4.75. The number of amides is 1. The van der Waals surface area contributed by atoms with E-state index in [9.17, 15) is 23.1 Å². The maximum absolute atomic E-state index is 12.6. The first-order valence-corrected chi connectivity index (χ1v) is 10.0. The molecule has 1 aromatic rings. The minimum Gasteiger partial charge on any atom is -0.502 e. The van der Waals surface area contributed by atoms with Gasteiger partial charge in [-0.25, -0.2) is 8.42 Å². The van der Waals surface area contributed by atoms with Crippen molar-refractivity contribution in [1.82, 2.24) is 5.32 Å². The van der Waals surface area contributed by atoms with Crippen molar-refractivity contribution in [2.24, 2.45) is 0 Å². The molecule has 1 saturated heterocycles. The Morgan fingerprint density at radius 3 is 2.69 bits per heavy atom. The lowest BCUT2D eigenvalue weighted by molar-refractivity contribution is -0.123. The first-order valence-electron chi connectivity index (χ1n) is 8.33. The lowest BCUT2D eigenvalue weighted by Gasteiger charge is -2.36. The molecular weight excluding hydrogens is 362 g/mol. The van der Waals surface area contributed by atoms with E-state index in [0.29, 0.717) is 31.8 Å². The number of hydrogen-bond acceptors (Lipinski definition) is 7. The number of carbonyl (C=O) groups excluding carboxylic acids is 1. The van der Waals surface area contributed by atoms with Crippen LogP contribution in [-0.2, 0) is 24.8 Å². The van der Waals surface area contributed by atoms with Crippen LogP contribution in [0.1, 0.15) is 30.8 Å². The molecule has 1 amide bonds. The van der Waals surface area contributed by atoms with Crippen LogP contribution in [0.3, 0.4) is 0 Å². The SMILES string of the molecule is Cc1cc(=O)c(O)c(C2(CC(=O)NC3C=CS(=O)(=O)C3)CCOCC2)o1. The van der Waals surface area contributed by atoms with Gasteiger partial charge in [0.15, 0.2) is 15.6 Å². The zero-order valence-corrected chi connectivity index (χ0v) is 15.2. The van der Waals surface area contributed by atoms with Crippen LogP contribution < -0.4 is 10.7 Å². The van der Waals surface area contributed by atoms with E-state index >= 15 is 0 Å². The summed E-state index contributed by atoms with van der Waals surface area (Å²) in [5.74, 6) is -0.593. The second-order valence-corrected chi connectivity index (χ2v) is 8.73. The van der Waals surface area contributed by atoms with E-state index in [4.69, 9.17) is 9.15 Å². The van der Waals surface area contributed by atoms with E-state index in [0.717, 1.165) is 5.41 Å². The molecule has 3 rings (SSSR count). The molecule has 0 radical (unpaired) electrons. The van der Waals surface area contributed by atoms with Crippen LogP contribution in [-0.4, -0.2) is 44.4 Å². The Balaban J connectivity index is 1.86. The molecule has 0 bridgehead atoms. The van der Waals surface area contributed by atoms with Crippen molar-refractivity contribution in [1.29, 1.82) is 0 Å². The van der Waals surface area contributed by atoms with E-state index in [1.165, 1.54) is 12.1 Å². The minimum absolute atomic E-state index is 0.0410. The van der Waals surface area contributed by atoms with Gasteiger partial charge in [-0.1, -0.05) is 0 Å². The van der Waals surface area contributed by atoms with Gasteiger partial charge < -0.3 is 19.6 Å². The monoisotopic (exact) mass is 383 g/mol. The van der Waals surface area contributed by atoms with Crippen LogP contribution in [0.5, 0.6) is 5.75 Å². The highest BCUT2D eigenvalue weighted by molar-refractivity contribution is 7.94. The molecule has 0 aliphatic carbocycles. The first kappa shape index (κ1) is 18.7. The average Bonchev–Trinajstić information content (AvgIpc) is 2.90. The topological polar surface area (TPSA) is 123 Å². The van der Waals surface area contributed by atoms with Crippen molar-refractivity contribution in [3.05, 3.63) is 39.3 Å². The van der Waals surface area contributed by atoms with Gasteiger partial charge in [0.05, 0.1) is 11.8 Å². The number of aryl methyl sites for hydroxylation is 1. The molecule has 2 aliphatic rings. The number of hydrogen-bond donors (Lipinski definition) is 2. The van der Waals surface area contributed by atoms with Crippen molar-refractivity contribution < 1.29 is 27.5 Å². The van der Waals surface area contributed by atoms with Crippen molar-refractivity contribution >= 4 is 15.7 Å². The van der Waals surface area contributed by atoms with Crippen molar-refractivity contribution in [2.45, 2.75) is 37.6 Å². The van der Waals surface area contributed by atoms with E-state index in [1.54, 1.807) is 6.92 Å². The fourth-order valence-corrected chi connectivity index (χ4v) is 4.68. The molecule has 1 atom stereocenters. The number of sulfone groups is 1. The molecule has 142 valence electrons. The summed E-state index contributed by atoms with van der Waals surface area (Å²) >= 11 is 0. The maximum atomic E-state index is 12.6. The molecular formula is C17H21NO7S. The summed E-state index contributed by atoms with van der Waals surface area (Å²) in [4.78, 5) is 24.5. The Labute approximate surface area is 150 Å². The fraction of sp³-hybridized carbons (Fsp3) is 0.529. The Hall–Kier alpha value is -2.13. The smallest absolute Gasteiger partial charge is 0.227 e. The summed E-state index contributed by atoms with van der Waals surface area (Å²) in [6.45, 7) is 2.33. The van der Waals surface area contributed by atoms with Crippen molar-refractivity contribution in [3.63, 3.8) is 0 Å². The van der Waals surface area contributed by atoms with Gasteiger partial charge in [0.1, 0.15) is 5.76 Å². The van der Waals surface area contributed by atoms with Gasteiger partial charge in [-0.2, -0.15) is 0 Å². The Kier molecular flexibility index (Phi) is 4.94. The lowest BCUT2D eigenvalue weighted by Crippen LogP contribution is -2.43. The predicted octanol–water partition coefficient (Wildman–Crippen LogP) is 0.519. The number of nitrogens with one attached hydrogen (secondary N) is 1. The summed E-state index contributed by atoms with van der Waals surface area (Å²) in [7, 11) is -3.27. The third-order valence-corrected chi connectivity index (χ3v) is 6.15. The van der Waals surface area contributed by atoms with Gasteiger partial charge in [0.25, 0.3) is 0 Å². The van der Waals surface area contributed by atoms with Gasteiger partial charge >= 0.3 is 0 Å². The summed E-state index contributed by atoms with van der Waals surface area (Å²) in [5, 5.41) is 14.0. The highest BCUT2D eigenvalue weighted by Gasteiger charge is 2.42. The predicted molar refractivity (Wildman–Crippen MR) is 92.6 cm³/mol. The van der Waals surface area contributed by atoms with Gasteiger partial charge in [-0.3, -0.25) is 9.59 Å². The number of ether oxygens (including phenoxy) is 1. The molecule has 0 aromatic carbocycles. The summed E-state index contributed by atoms with van der Waals surface area (Å²) in [6, 6.07) is 0.614. The number of carbonyl (C=O) groups is 1. The Bertz CT molecular complexity index is 894. The summed E-state index contributed by atoms with van der Waals surface area (Å²) < 4.78 is 34.0. The standard InChI is InChI=1S/C17H21NO7S/c1-11-8-13(19)15(21)16(25-11)17(3-5-24-6-4-17)9-14(20)18-12-2-7-26(22,23)10-12/h2,7-8,12,21H,3-6,9-10H2,1H3,(H,18,20). The molecule has 0 spiro atoms. The molecule has 2 N–H and O–H groups in total. The molecule has 1 fully saturated rings. The second-order valence-electron chi connectivity index (χ2n) is 6.80. The lowest BCUT2D eigenvalue weighted by atomic mass is 9.74. The van der Waals surface area contributed by atoms with Crippen LogP contribution in [0.2, 0.25) is 0 Å². The molecule has 1 unspecified atom stereocenters. The quantitative estimate of drug-likeness (QED) is 0.777. The molecule has 26 heavy (non-hydrogen) atoms. The normalized spacial score (nSPS) is 23.7. The molecule has 3 heterocycles. The Morgan fingerprint density at radius 1 is 1.38 bits per heavy atom. The first-order chi connectivity index (χ1) is 12.2. The van der Waals surface area contributed by atoms with Crippen LogP contribution in [0.15, 0.2) is 26.8 Å². The molecule has 8 nitrogen and oxygen atoms in total. The highest BCUT2D eigenvalue weighted by Crippen LogP contribution is 2.41. The van der Waals surface area contributed by atoms with Crippen LogP contribution >= 0.6 is 0 Å². The fourth-order valence-electron chi connectivity index (χ4n) is 3.44. The van der Waals surface area contributed by atoms with Crippen molar-refractivity contribution in [3.8, 4) is 5.75 Å².